The maximum atomic E-state index is 12.7. The van der Waals surface area contributed by atoms with Gasteiger partial charge in [-0.15, -0.1) is 0 Å². The summed E-state index contributed by atoms with van der Waals surface area (Å²) in [5, 5.41) is 11.2. The van der Waals surface area contributed by atoms with Gasteiger partial charge in [0.15, 0.2) is 0 Å². The second-order valence-electron chi connectivity index (χ2n) is 7.73. The van der Waals surface area contributed by atoms with Crippen LogP contribution >= 0.6 is 11.3 Å². The minimum Gasteiger partial charge on any atom is -0.306 e. The summed E-state index contributed by atoms with van der Waals surface area (Å²) >= 11 is 1.55. The fourth-order valence-corrected chi connectivity index (χ4v) is 5.04. The van der Waals surface area contributed by atoms with E-state index in [1.54, 1.807) is 17.4 Å². The largest absolute Gasteiger partial charge is 0.306 e. The quantitative estimate of drug-likeness (QED) is 0.523. The van der Waals surface area contributed by atoms with Gasteiger partial charge in [0.1, 0.15) is 5.01 Å². The van der Waals surface area contributed by atoms with Crippen molar-refractivity contribution in [2.24, 2.45) is 7.05 Å². The monoisotopic (exact) mass is 394 g/mol. The molecule has 4 aromatic rings. The number of fused-ring (bicyclic) bond motifs is 2. The first-order chi connectivity index (χ1) is 13.5. The predicted molar refractivity (Wildman–Crippen MR) is 111 cm³/mol. The van der Waals surface area contributed by atoms with Crippen LogP contribution in [0, 0.1) is 6.92 Å². The molecule has 0 saturated carbocycles. The van der Waals surface area contributed by atoms with Crippen LogP contribution in [-0.4, -0.2) is 49.4 Å². The number of likely N-dealkylation sites (tertiary alicyclic amines) is 1. The Morgan fingerprint density at radius 3 is 2.68 bits per heavy atom. The van der Waals surface area contributed by atoms with Crippen LogP contribution in [0.15, 0.2) is 29.2 Å². The molecular formula is C20H22N6OS. The molecule has 0 amide bonds. The highest BCUT2D eigenvalue weighted by Crippen LogP contribution is 2.31. The van der Waals surface area contributed by atoms with E-state index in [2.05, 4.69) is 22.1 Å². The van der Waals surface area contributed by atoms with Gasteiger partial charge < -0.3 is 4.90 Å². The SMILES string of the molecule is Cc1cc(-c2cc(=O)n3nc(C4CCN(C)CC4)sc3n2)cc2cn(C)nc12. The summed E-state index contributed by atoms with van der Waals surface area (Å²) in [5.74, 6) is 0.416. The van der Waals surface area contributed by atoms with Gasteiger partial charge in [-0.1, -0.05) is 11.3 Å². The topological polar surface area (TPSA) is 68.3 Å². The molecule has 1 fully saturated rings. The van der Waals surface area contributed by atoms with E-state index in [1.165, 1.54) is 4.52 Å². The molecule has 0 spiro atoms. The molecule has 0 aliphatic carbocycles. The Balaban J connectivity index is 1.58. The van der Waals surface area contributed by atoms with Crippen LogP contribution in [0.1, 0.15) is 29.3 Å². The summed E-state index contributed by atoms with van der Waals surface area (Å²) in [6.45, 7) is 4.17. The zero-order chi connectivity index (χ0) is 19.4. The van der Waals surface area contributed by atoms with E-state index >= 15 is 0 Å². The van der Waals surface area contributed by atoms with Crippen LogP contribution in [0.2, 0.25) is 0 Å². The van der Waals surface area contributed by atoms with E-state index in [0.29, 0.717) is 16.6 Å². The average Bonchev–Trinajstić information content (AvgIpc) is 3.26. The number of nitrogens with zero attached hydrogens (tertiary/aromatic N) is 6. The number of hydrogen-bond donors (Lipinski definition) is 0. The van der Waals surface area contributed by atoms with Gasteiger partial charge in [0.2, 0.25) is 4.96 Å². The van der Waals surface area contributed by atoms with E-state index in [0.717, 1.165) is 53.0 Å². The zero-order valence-corrected chi connectivity index (χ0v) is 17.0. The Labute approximate surface area is 166 Å². The summed E-state index contributed by atoms with van der Waals surface area (Å²) in [6, 6.07) is 5.68. The lowest BCUT2D eigenvalue weighted by Gasteiger charge is -2.27. The third-order valence-corrected chi connectivity index (χ3v) is 6.61. The maximum Gasteiger partial charge on any atom is 0.275 e. The first-order valence-electron chi connectivity index (χ1n) is 9.51. The molecule has 1 saturated heterocycles. The summed E-state index contributed by atoms with van der Waals surface area (Å²) in [6.07, 6.45) is 4.14. The summed E-state index contributed by atoms with van der Waals surface area (Å²) in [5.41, 5.74) is 3.56. The van der Waals surface area contributed by atoms with E-state index < -0.39 is 0 Å². The van der Waals surface area contributed by atoms with E-state index in [9.17, 15) is 4.79 Å². The van der Waals surface area contributed by atoms with Gasteiger partial charge in [-0.3, -0.25) is 9.48 Å². The summed E-state index contributed by atoms with van der Waals surface area (Å²) in [4.78, 5) is 20.5. The minimum absolute atomic E-state index is 0.126. The lowest BCUT2D eigenvalue weighted by molar-refractivity contribution is 0.254. The molecule has 28 heavy (non-hydrogen) atoms. The minimum atomic E-state index is -0.126. The fourth-order valence-electron chi connectivity index (χ4n) is 3.97. The normalized spacial score (nSPS) is 16.4. The van der Waals surface area contributed by atoms with Crippen LogP contribution in [0.3, 0.4) is 0 Å². The smallest absolute Gasteiger partial charge is 0.275 e. The first kappa shape index (κ1) is 17.5. The fraction of sp³-hybridized carbons (Fsp3) is 0.400. The third-order valence-electron chi connectivity index (χ3n) is 5.54. The third kappa shape index (κ3) is 2.93. The number of piperidine rings is 1. The van der Waals surface area contributed by atoms with Crippen LogP contribution in [0.5, 0.6) is 0 Å². The lowest BCUT2D eigenvalue weighted by Crippen LogP contribution is -2.29. The van der Waals surface area contributed by atoms with Crippen molar-refractivity contribution in [1.82, 2.24) is 29.3 Å². The van der Waals surface area contributed by atoms with Crippen LogP contribution < -0.4 is 5.56 Å². The van der Waals surface area contributed by atoms with Gasteiger partial charge in [0.25, 0.3) is 5.56 Å². The second-order valence-corrected chi connectivity index (χ2v) is 8.71. The van der Waals surface area contributed by atoms with Crippen molar-refractivity contribution in [1.29, 1.82) is 0 Å². The highest BCUT2D eigenvalue weighted by Gasteiger charge is 2.23. The molecule has 0 bridgehead atoms. The molecule has 5 rings (SSSR count). The van der Waals surface area contributed by atoms with Gasteiger partial charge in [-0.05, 0) is 57.6 Å². The van der Waals surface area contributed by atoms with Crippen molar-refractivity contribution >= 4 is 27.2 Å². The average molecular weight is 395 g/mol. The molecule has 7 nitrogen and oxygen atoms in total. The molecule has 1 aliphatic heterocycles. The van der Waals surface area contributed by atoms with Gasteiger partial charge in [-0.25, -0.2) is 4.98 Å². The standard InChI is InChI=1S/C20H22N6OS/c1-12-8-14(9-15-11-25(3)22-18(12)15)16-10-17(27)26-20(21-16)28-19(23-26)13-4-6-24(2)7-5-13/h8-11,13H,4-7H2,1-3H3. The van der Waals surface area contributed by atoms with Crippen molar-refractivity contribution in [3.05, 3.63) is 45.3 Å². The summed E-state index contributed by atoms with van der Waals surface area (Å²) in [7, 11) is 4.06. The van der Waals surface area contributed by atoms with Crippen molar-refractivity contribution in [3.63, 3.8) is 0 Å². The molecule has 0 atom stereocenters. The first-order valence-corrected chi connectivity index (χ1v) is 10.3. The van der Waals surface area contributed by atoms with Crippen molar-refractivity contribution in [2.45, 2.75) is 25.7 Å². The highest BCUT2D eigenvalue weighted by molar-refractivity contribution is 7.16. The molecule has 1 aromatic carbocycles. The molecule has 1 aliphatic rings. The number of benzene rings is 1. The van der Waals surface area contributed by atoms with Crippen molar-refractivity contribution in [3.8, 4) is 11.3 Å². The molecule has 144 valence electrons. The molecule has 0 radical (unpaired) electrons. The van der Waals surface area contributed by atoms with Crippen LogP contribution in [0.4, 0.5) is 0 Å². The molecule has 8 heteroatoms. The van der Waals surface area contributed by atoms with Crippen molar-refractivity contribution in [2.75, 3.05) is 20.1 Å². The number of rotatable bonds is 2. The number of aromatic nitrogens is 5. The zero-order valence-electron chi connectivity index (χ0n) is 16.2. The molecule has 0 N–H and O–H groups in total. The van der Waals surface area contributed by atoms with E-state index in [-0.39, 0.29) is 5.56 Å². The Kier molecular flexibility index (Phi) is 4.06. The van der Waals surface area contributed by atoms with E-state index in [4.69, 9.17) is 4.98 Å². The molecule has 3 aromatic heterocycles. The van der Waals surface area contributed by atoms with Crippen LogP contribution in [-0.2, 0) is 7.05 Å². The Bertz CT molecular complexity index is 1250. The summed E-state index contributed by atoms with van der Waals surface area (Å²) < 4.78 is 3.27. The molecule has 4 heterocycles. The molecule has 0 unspecified atom stereocenters. The van der Waals surface area contributed by atoms with Crippen LogP contribution in [0.25, 0.3) is 27.1 Å². The number of aryl methyl sites for hydroxylation is 2. The Morgan fingerprint density at radius 1 is 1.11 bits per heavy atom. The Morgan fingerprint density at radius 2 is 1.89 bits per heavy atom. The maximum absolute atomic E-state index is 12.7. The van der Waals surface area contributed by atoms with Crippen molar-refractivity contribution < 1.29 is 0 Å². The van der Waals surface area contributed by atoms with Gasteiger partial charge >= 0.3 is 0 Å². The van der Waals surface area contributed by atoms with Gasteiger partial charge in [-0.2, -0.15) is 14.7 Å². The van der Waals surface area contributed by atoms with Gasteiger partial charge in [0, 0.05) is 36.2 Å². The lowest BCUT2D eigenvalue weighted by atomic mass is 9.98. The second kappa shape index (κ2) is 6.49. The van der Waals surface area contributed by atoms with Gasteiger partial charge in [0.05, 0.1) is 11.2 Å². The predicted octanol–water partition coefficient (Wildman–Crippen LogP) is 2.82. The van der Waals surface area contributed by atoms with E-state index in [1.807, 2.05) is 37.0 Å². The highest BCUT2D eigenvalue weighted by atomic mass is 32.1. The Hall–Kier alpha value is -2.58. The molecular weight excluding hydrogens is 372 g/mol. The number of hydrogen-bond acceptors (Lipinski definition) is 6.